The van der Waals surface area contributed by atoms with Crippen LogP contribution in [0.5, 0.6) is 11.5 Å². The summed E-state index contributed by atoms with van der Waals surface area (Å²) in [5, 5.41) is 7.13. The number of pyridine rings is 1. The maximum Gasteiger partial charge on any atom is 0.233 e. The van der Waals surface area contributed by atoms with Crippen LogP contribution < -0.4 is 25.0 Å². The molecule has 0 bridgehead atoms. The number of aromatic nitrogens is 3. The van der Waals surface area contributed by atoms with Gasteiger partial charge in [-0.15, -0.1) is 0 Å². The number of hydrogen-bond donors (Lipinski definition) is 2. The van der Waals surface area contributed by atoms with Crippen LogP contribution in [0.3, 0.4) is 0 Å². The van der Waals surface area contributed by atoms with Gasteiger partial charge < -0.3 is 19.7 Å². The predicted molar refractivity (Wildman–Crippen MR) is 134 cm³/mol. The molecule has 1 aromatic carbocycles. The van der Waals surface area contributed by atoms with E-state index in [1.54, 1.807) is 20.4 Å². The minimum atomic E-state index is -0.560. The molecule has 34 heavy (non-hydrogen) atoms. The van der Waals surface area contributed by atoms with Gasteiger partial charge in [0.1, 0.15) is 5.82 Å². The average molecular weight is 465 g/mol. The molecule has 3 aromatic rings. The van der Waals surface area contributed by atoms with Crippen molar-refractivity contribution in [2.75, 3.05) is 50.6 Å². The van der Waals surface area contributed by atoms with Crippen LogP contribution in [0.15, 0.2) is 30.5 Å². The van der Waals surface area contributed by atoms with Gasteiger partial charge >= 0.3 is 0 Å². The molecule has 3 heterocycles. The number of anilines is 2. The molecule has 1 fully saturated rings. The number of nitrogens with zero attached hydrogens (tertiary/aromatic N) is 4. The standard InChI is InChI=1S/C25H32N6O3/c1-25(2,3)23(32)30-24-28-21-18(22(29-24)31-11-6-9-26-10-12-31)13-17(15-27-21)16-7-8-19(33-4)20(14-16)34-5/h7-8,13-15,26H,6,9-12H2,1-5H3,(H,27,28,29,30,32). The second-order valence-corrected chi connectivity index (χ2v) is 9.33. The Hall–Kier alpha value is -3.46. The molecule has 1 amide bonds. The lowest BCUT2D eigenvalue weighted by Gasteiger charge is -2.24. The second-order valence-electron chi connectivity index (χ2n) is 9.33. The normalized spacial score (nSPS) is 14.6. The summed E-state index contributed by atoms with van der Waals surface area (Å²) in [7, 11) is 3.23. The maximum atomic E-state index is 12.6. The third-order valence-corrected chi connectivity index (χ3v) is 5.79. The minimum Gasteiger partial charge on any atom is -0.493 e. The predicted octanol–water partition coefficient (Wildman–Crippen LogP) is 3.49. The molecule has 4 rings (SSSR count). The van der Waals surface area contributed by atoms with Gasteiger partial charge in [0.05, 0.1) is 19.6 Å². The number of carbonyl (C=O) groups is 1. The Bertz CT molecular complexity index is 1180. The highest BCUT2D eigenvalue weighted by Gasteiger charge is 2.24. The van der Waals surface area contributed by atoms with Gasteiger partial charge in [0.25, 0.3) is 0 Å². The zero-order chi connectivity index (χ0) is 24.3. The van der Waals surface area contributed by atoms with E-state index >= 15 is 0 Å². The van der Waals surface area contributed by atoms with E-state index in [0.29, 0.717) is 17.1 Å². The number of amides is 1. The summed E-state index contributed by atoms with van der Waals surface area (Å²) >= 11 is 0. The van der Waals surface area contributed by atoms with Gasteiger partial charge in [-0.2, -0.15) is 9.97 Å². The fraction of sp³-hybridized carbons (Fsp3) is 0.440. The molecule has 0 spiro atoms. The summed E-state index contributed by atoms with van der Waals surface area (Å²) in [6.45, 7) is 9.06. The Labute approximate surface area is 199 Å². The van der Waals surface area contributed by atoms with Crippen LogP contribution in [0.4, 0.5) is 11.8 Å². The summed E-state index contributed by atoms with van der Waals surface area (Å²) in [6, 6.07) is 7.82. The minimum absolute atomic E-state index is 0.141. The van der Waals surface area contributed by atoms with E-state index in [1.165, 1.54) is 0 Å². The molecule has 0 atom stereocenters. The topological polar surface area (TPSA) is 102 Å². The fourth-order valence-corrected chi connectivity index (χ4v) is 3.81. The fourth-order valence-electron chi connectivity index (χ4n) is 3.81. The second kappa shape index (κ2) is 9.80. The number of methoxy groups -OCH3 is 2. The van der Waals surface area contributed by atoms with E-state index < -0.39 is 5.41 Å². The Morgan fingerprint density at radius 3 is 2.56 bits per heavy atom. The third kappa shape index (κ3) is 5.04. The number of fused-ring (bicyclic) bond motifs is 1. The van der Waals surface area contributed by atoms with E-state index in [4.69, 9.17) is 14.5 Å². The van der Waals surface area contributed by atoms with Gasteiger partial charge in [0.2, 0.25) is 11.9 Å². The molecule has 2 N–H and O–H groups in total. The van der Waals surface area contributed by atoms with Crippen LogP contribution in [0.25, 0.3) is 22.2 Å². The molecule has 1 aliphatic heterocycles. The van der Waals surface area contributed by atoms with Crippen molar-refractivity contribution in [1.29, 1.82) is 0 Å². The zero-order valence-electron chi connectivity index (χ0n) is 20.4. The molecule has 1 aliphatic rings. The quantitative estimate of drug-likeness (QED) is 0.592. The van der Waals surface area contributed by atoms with Gasteiger partial charge in [0.15, 0.2) is 17.1 Å². The van der Waals surface area contributed by atoms with Crippen molar-refractivity contribution in [3.63, 3.8) is 0 Å². The molecule has 0 saturated carbocycles. The van der Waals surface area contributed by atoms with E-state index in [1.807, 2.05) is 45.0 Å². The van der Waals surface area contributed by atoms with Gasteiger partial charge in [-0.1, -0.05) is 26.8 Å². The monoisotopic (exact) mass is 464 g/mol. The number of hydrogen-bond acceptors (Lipinski definition) is 8. The maximum absolute atomic E-state index is 12.6. The van der Waals surface area contributed by atoms with Crippen molar-refractivity contribution in [1.82, 2.24) is 20.3 Å². The smallest absolute Gasteiger partial charge is 0.233 e. The first kappa shape index (κ1) is 23.7. The molecule has 0 unspecified atom stereocenters. The third-order valence-electron chi connectivity index (χ3n) is 5.79. The molecule has 2 aromatic heterocycles. The first-order chi connectivity index (χ1) is 16.3. The lowest BCUT2D eigenvalue weighted by atomic mass is 9.96. The van der Waals surface area contributed by atoms with Gasteiger partial charge in [-0.3, -0.25) is 10.1 Å². The lowest BCUT2D eigenvalue weighted by molar-refractivity contribution is -0.123. The van der Waals surface area contributed by atoms with Crippen LogP contribution in [-0.4, -0.2) is 61.3 Å². The van der Waals surface area contributed by atoms with E-state index in [2.05, 4.69) is 25.5 Å². The molecule has 0 radical (unpaired) electrons. The molecule has 9 heteroatoms. The van der Waals surface area contributed by atoms with Crippen LogP contribution in [0.2, 0.25) is 0 Å². The largest absolute Gasteiger partial charge is 0.493 e. The Kier molecular flexibility index (Phi) is 6.83. The number of nitrogens with one attached hydrogen (secondary N) is 2. The summed E-state index contributed by atoms with van der Waals surface area (Å²) in [5.74, 6) is 2.21. The molecule has 9 nitrogen and oxygen atoms in total. The summed E-state index contributed by atoms with van der Waals surface area (Å²) in [5.41, 5.74) is 1.84. The van der Waals surface area contributed by atoms with Gasteiger partial charge in [-0.25, -0.2) is 4.98 Å². The van der Waals surface area contributed by atoms with Crippen molar-refractivity contribution < 1.29 is 14.3 Å². The van der Waals surface area contributed by atoms with E-state index in [9.17, 15) is 4.79 Å². The highest BCUT2D eigenvalue weighted by Crippen LogP contribution is 2.34. The van der Waals surface area contributed by atoms with Crippen LogP contribution in [0, 0.1) is 5.41 Å². The molecular weight excluding hydrogens is 432 g/mol. The number of benzene rings is 1. The van der Waals surface area contributed by atoms with E-state index in [0.717, 1.165) is 54.9 Å². The SMILES string of the molecule is COc1ccc(-c2cnc3nc(NC(=O)C(C)(C)C)nc(N4CCCNCC4)c3c2)cc1OC. The van der Waals surface area contributed by atoms with Crippen molar-refractivity contribution in [2.24, 2.45) is 5.41 Å². The van der Waals surface area contributed by atoms with Crippen LogP contribution in [0.1, 0.15) is 27.2 Å². The van der Waals surface area contributed by atoms with Crippen LogP contribution in [-0.2, 0) is 4.79 Å². The first-order valence-electron chi connectivity index (χ1n) is 11.5. The van der Waals surface area contributed by atoms with E-state index in [-0.39, 0.29) is 11.9 Å². The Morgan fingerprint density at radius 2 is 1.82 bits per heavy atom. The first-order valence-corrected chi connectivity index (χ1v) is 11.5. The summed E-state index contributed by atoms with van der Waals surface area (Å²) in [6.07, 6.45) is 2.78. The molecule has 0 aliphatic carbocycles. The highest BCUT2D eigenvalue weighted by molar-refractivity contribution is 5.96. The number of carbonyl (C=O) groups excluding carboxylic acids is 1. The van der Waals surface area contributed by atoms with Crippen molar-refractivity contribution in [2.45, 2.75) is 27.2 Å². The van der Waals surface area contributed by atoms with Crippen molar-refractivity contribution >= 4 is 28.7 Å². The highest BCUT2D eigenvalue weighted by atomic mass is 16.5. The van der Waals surface area contributed by atoms with Crippen molar-refractivity contribution in [3.8, 4) is 22.6 Å². The lowest BCUT2D eigenvalue weighted by Crippen LogP contribution is -2.31. The van der Waals surface area contributed by atoms with Crippen molar-refractivity contribution in [3.05, 3.63) is 30.5 Å². The van der Waals surface area contributed by atoms with Gasteiger partial charge in [-0.05, 0) is 36.7 Å². The summed E-state index contributed by atoms with van der Waals surface area (Å²) in [4.78, 5) is 28.8. The number of ether oxygens (including phenoxy) is 2. The van der Waals surface area contributed by atoms with Crippen LogP contribution >= 0.6 is 0 Å². The Morgan fingerprint density at radius 1 is 1.03 bits per heavy atom. The van der Waals surface area contributed by atoms with Gasteiger partial charge in [0, 0.05) is 36.8 Å². The average Bonchev–Trinajstić information content (AvgIpc) is 3.11. The number of rotatable bonds is 5. The summed E-state index contributed by atoms with van der Waals surface area (Å²) < 4.78 is 10.8. The Balaban J connectivity index is 1.82. The molecular formula is C25H32N6O3. The molecule has 1 saturated heterocycles. The zero-order valence-corrected chi connectivity index (χ0v) is 20.4. The molecule has 180 valence electrons.